The zero-order valence-electron chi connectivity index (χ0n) is 10.8. The molecular weight excluding hydrogens is 226 g/mol. The van der Waals surface area contributed by atoms with Crippen LogP contribution in [0.3, 0.4) is 0 Å². The third kappa shape index (κ3) is 2.07. The summed E-state index contributed by atoms with van der Waals surface area (Å²) >= 11 is 0. The van der Waals surface area contributed by atoms with Crippen molar-refractivity contribution in [2.24, 2.45) is 0 Å². The number of unbranched alkanes of at least 4 members (excludes halogenated alkanes) is 3. The standard InChI is InChI=1S/C14H19N3O/c1-2-3-4-5-6-11-10-17-13-9-15-8-7-12(13)16-14(17)18-11/h7-9,11H,2-6,10H2,1H3. The van der Waals surface area contributed by atoms with Crippen molar-refractivity contribution in [3.63, 3.8) is 0 Å². The molecule has 18 heavy (non-hydrogen) atoms. The molecule has 3 rings (SSSR count). The first kappa shape index (κ1) is 11.5. The summed E-state index contributed by atoms with van der Waals surface area (Å²) in [5.74, 6) is 0. The molecule has 1 atom stereocenters. The van der Waals surface area contributed by atoms with Crippen molar-refractivity contribution in [1.82, 2.24) is 14.5 Å². The second-order valence-corrected chi connectivity index (χ2v) is 4.96. The van der Waals surface area contributed by atoms with Crippen LogP contribution >= 0.6 is 0 Å². The van der Waals surface area contributed by atoms with Crippen molar-refractivity contribution >= 4 is 11.0 Å². The molecule has 96 valence electrons. The van der Waals surface area contributed by atoms with E-state index in [4.69, 9.17) is 4.74 Å². The van der Waals surface area contributed by atoms with Gasteiger partial charge in [-0.1, -0.05) is 26.2 Å². The van der Waals surface area contributed by atoms with Crippen LogP contribution in [0.4, 0.5) is 0 Å². The Morgan fingerprint density at radius 3 is 3.22 bits per heavy atom. The molecule has 0 aliphatic carbocycles. The van der Waals surface area contributed by atoms with Gasteiger partial charge in [-0.15, -0.1) is 0 Å². The average molecular weight is 245 g/mol. The highest BCUT2D eigenvalue weighted by Gasteiger charge is 2.25. The number of fused-ring (bicyclic) bond motifs is 3. The molecular formula is C14H19N3O. The SMILES string of the molecule is CCCCCCC1Cn2c(nc3ccncc32)O1. The van der Waals surface area contributed by atoms with E-state index in [0.717, 1.165) is 30.0 Å². The Balaban J connectivity index is 1.65. The summed E-state index contributed by atoms with van der Waals surface area (Å²) in [6.07, 6.45) is 10.2. The van der Waals surface area contributed by atoms with Crippen molar-refractivity contribution in [3.8, 4) is 6.01 Å². The fourth-order valence-electron chi connectivity index (χ4n) is 2.55. The Morgan fingerprint density at radius 2 is 2.33 bits per heavy atom. The van der Waals surface area contributed by atoms with E-state index in [-0.39, 0.29) is 0 Å². The van der Waals surface area contributed by atoms with Crippen LogP contribution in [0.2, 0.25) is 0 Å². The number of hydrogen-bond donors (Lipinski definition) is 0. The molecule has 1 aliphatic heterocycles. The quantitative estimate of drug-likeness (QED) is 0.760. The highest BCUT2D eigenvalue weighted by Crippen LogP contribution is 2.28. The van der Waals surface area contributed by atoms with Crippen LogP contribution in [0.15, 0.2) is 18.5 Å². The van der Waals surface area contributed by atoms with Gasteiger partial charge in [0.05, 0.1) is 23.8 Å². The van der Waals surface area contributed by atoms with E-state index >= 15 is 0 Å². The topological polar surface area (TPSA) is 39.9 Å². The van der Waals surface area contributed by atoms with Gasteiger partial charge in [0, 0.05) is 6.20 Å². The summed E-state index contributed by atoms with van der Waals surface area (Å²) in [6, 6.07) is 2.69. The summed E-state index contributed by atoms with van der Waals surface area (Å²) in [7, 11) is 0. The van der Waals surface area contributed by atoms with Gasteiger partial charge in [-0.25, -0.2) is 0 Å². The monoisotopic (exact) mass is 245 g/mol. The van der Waals surface area contributed by atoms with Crippen LogP contribution in [0.1, 0.15) is 39.0 Å². The molecule has 0 amide bonds. The fourth-order valence-corrected chi connectivity index (χ4v) is 2.55. The van der Waals surface area contributed by atoms with Crippen molar-refractivity contribution in [2.75, 3.05) is 0 Å². The lowest BCUT2D eigenvalue weighted by Crippen LogP contribution is -2.14. The van der Waals surface area contributed by atoms with Crippen LogP contribution in [-0.4, -0.2) is 20.6 Å². The first-order valence-electron chi connectivity index (χ1n) is 6.85. The van der Waals surface area contributed by atoms with Gasteiger partial charge in [0.2, 0.25) is 0 Å². The minimum atomic E-state index is 0.300. The number of pyridine rings is 1. The molecule has 0 saturated heterocycles. The van der Waals surface area contributed by atoms with Crippen LogP contribution in [0.5, 0.6) is 6.01 Å². The summed E-state index contributed by atoms with van der Waals surface area (Å²) in [4.78, 5) is 8.65. The Kier molecular flexibility index (Phi) is 3.17. The smallest absolute Gasteiger partial charge is 0.297 e. The van der Waals surface area contributed by atoms with Gasteiger partial charge in [0.1, 0.15) is 6.10 Å². The lowest BCUT2D eigenvalue weighted by atomic mass is 10.1. The average Bonchev–Trinajstić information content (AvgIpc) is 2.91. The summed E-state index contributed by atoms with van der Waals surface area (Å²) in [6.45, 7) is 3.16. The largest absolute Gasteiger partial charge is 0.459 e. The second-order valence-electron chi connectivity index (χ2n) is 4.96. The summed E-state index contributed by atoms with van der Waals surface area (Å²) in [5.41, 5.74) is 2.06. The minimum Gasteiger partial charge on any atom is -0.459 e. The summed E-state index contributed by atoms with van der Waals surface area (Å²) < 4.78 is 8.04. The van der Waals surface area contributed by atoms with E-state index in [2.05, 4.69) is 21.5 Å². The van der Waals surface area contributed by atoms with Gasteiger partial charge in [0.25, 0.3) is 6.01 Å². The predicted molar refractivity (Wildman–Crippen MR) is 70.7 cm³/mol. The maximum Gasteiger partial charge on any atom is 0.297 e. The van der Waals surface area contributed by atoms with Gasteiger partial charge in [-0.05, 0) is 18.9 Å². The maximum atomic E-state index is 5.90. The van der Waals surface area contributed by atoms with Gasteiger partial charge in [0.15, 0.2) is 0 Å². The first-order chi connectivity index (χ1) is 8.88. The number of rotatable bonds is 5. The normalized spacial score (nSPS) is 17.9. The molecule has 0 saturated carbocycles. The molecule has 2 aromatic heterocycles. The Bertz CT molecular complexity index is 535. The van der Waals surface area contributed by atoms with Crippen molar-refractivity contribution in [3.05, 3.63) is 18.5 Å². The van der Waals surface area contributed by atoms with Gasteiger partial charge >= 0.3 is 0 Å². The lowest BCUT2D eigenvalue weighted by Gasteiger charge is -2.08. The molecule has 0 aromatic carbocycles. The van der Waals surface area contributed by atoms with Crippen LogP contribution < -0.4 is 4.74 Å². The molecule has 0 bridgehead atoms. The highest BCUT2D eigenvalue weighted by atomic mass is 16.5. The zero-order valence-corrected chi connectivity index (χ0v) is 10.8. The van der Waals surface area contributed by atoms with Crippen molar-refractivity contribution in [2.45, 2.75) is 51.7 Å². The Morgan fingerprint density at radius 1 is 1.39 bits per heavy atom. The molecule has 4 heteroatoms. The van der Waals surface area contributed by atoms with E-state index in [0.29, 0.717) is 6.10 Å². The minimum absolute atomic E-state index is 0.300. The number of hydrogen-bond acceptors (Lipinski definition) is 3. The fraction of sp³-hybridized carbons (Fsp3) is 0.571. The van der Waals surface area contributed by atoms with Gasteiger partial charge in [-0.2, -0.15) is 4.98 Å². The first-order valence-corrected chi connectivity index (χ1v) is 6.85. The molecule has 0 radical (unpaired) electrons. The molecule has 1 unspecified atom stereocenters. The van der Waals surface area contributed by atoms with E-state index in [1.165, 1.54) is 25.7 Å². The van der Waals surface area contributed by atoms with Crippen LogP contribution in [-0.2, 0) is 6.54 Å². The van der Waals surface area contributed by atoms with E-state index in [9.17, 15) is 0 Å². The van der Waals surface area contributed by atoms with E-state index < -0.39 is 0 Å². The van der Waals surface area contributed by atoms with E-state index in [1.807, 2.05) is 12.3 Å². The highest BCUT2D eigenvalue weighted by molar-refractivity contribution is 5.75. The number of ether oxygens (including phenoxy) is 1. The van der Waals surface area contributed by atoms with Gasteiger partial charge in [-0.3, -0.25) is 9.55 Å². The zero-order chi connectivity index (χ0) is 12.4. The maximum absolute atomic E-state index is 5.90. The number of imidazole rings is 1. The molecule has 0 fully saturated rings. The van der Waals surface area contributed by atoms with Crippen LogP contribution in [0, 0.1) is 0 Å². The molecule has 3 heterocycles. The van der Waals surface area contributed by atoms with Gasteiger partial charge < -0.3 is 4.74 Å². The molecule has 2 aromatic rings. The molecule has 0 N–H and O–H groups in total. The Hall–Kier alpha value is -1.58. The second kappa shape index (κ2) is 4.96. The van der Waals surface area contributed by atoms with Crippen molar-refractivity contribution < 1.29 is 4.74 Å². The lowest BCUT2D eigenvalue weighted by molar-refractivity contribution is 0.209. The Labute approximate surface area is 107 Å². The molecule has 1 aliphatic rings. The van der Waals surface area contributed by atoms with E-state index in [1.54, 1.807) is 6.20 Å². The molecule has 0 spiro atoms. The van der Waals surface area contributed by atoms with Crippen molar-refractivity contribution in [1.29, 1.82) is 0 Å². The predicted octanol–water partition coefficient (Wildman–Crippen LogP) is 3.16. The number of aromatic nitrogens is 3. The summed E-state index contributed by atoms with van der Waals surface area (Å²) in [5, 5.41) is 0. The third-order valence-corrected chi connectivity index (χ3v) is 3.55. The van der Waals surface area contributed by atoms with Crippen LogP contribution in [0.25, 0.3) is 11.0 Å². The molecule has 4 nitrogen and oxygen atoms in total. The third-order valence-electron chi connectivity index (χ3n) is 3.55. The number of nitrogens with zero attached hydrogens (tertiary/aromatic N) is 3.